The van der Waals surface area contributed by atoms with E-state index >= 15 is 0 Å². The Bertz CT molecular complexity index is 235. The van der Waals surface area contributed by atoms with Crippen LogP contribution < -0.4 is 0 Å². The molecule has 14 heavy (non-hydrogen) atoms. The molecule has 0 aromatic carbocycles. The topological polar surface area (TPSA) is 16.1 Å². The molecule has 0 amide bonds. The van der Waals surface area contributed by atoms with E-state index < -0.39 is 0 Å². The van der Waals surface area contributed by atoms with Crippen molar-refractivity contribution in [2.75, 3.05) is 24.8 Å². The Morgan fingerprint density at radius 1 is 1.21 bits per heavy atom. The summed E-state index contributed by atoms with van der Waals surface area (Å²) < 4.78 is 0. The van der Waals surface area contributed by atoms with Crippen molar-refractivity contribution in [2.45, 2.75) is 6.54 Å². The van der Waals surface area contributed by atoms with E-state index in [1.54, 1.807) is 6.20 Å². The molecule has 0 spiro atoms. The molecule has 1 aromatic heterocycles. The first-order valence-corrected chi connectivity index (χ1v) is 5.67. The quantitative estimate of drug-likeness (QED) is 0.701. The van der Waals surface area contributed by atoms with Gasteiger partial charge in [0.25, 0.3) is 0 Å². The third-order valence-electron chi connectivity index (χ3n) is 1.93. The van der Waals surface area contributed by atoms with Gasteiger partial charge in [0.1, 0.15) is 0 Å². The van der Waals surface area contributed by atoms with Crippen molar-refractivity contribution in [3.05, 3.63) is 30.1 Å². The van der Waals surface area contributed by atoms with Gasteiger partial charge in [0.05, 0.1) is 0 Å². The van der Waals surface area contributed by atoms with Gasteiger partial charge in [-0.25, -0.2) is 0 Å². The van der Waals surface area contributed by atoms with Gasteiger partial charge in [0.2, 0.25) is 0 Å². The second kappa shape index (κ2) is 7.04. The lowest BCUT2D eigenvalue weighted by Crippen LogP contribution is -2.27. The molecule has 0 unspecified atom stereocenters. The van der Waals surface area contributed by atoms with Gasteiger partial charge in [0, 0.05) is 43.8 Å². The molecule has 4 heteroatoms. The van der Waals surface area contributed by atoms with Crippen LogP contribution in [-0.4, -0.2) is 34.7 Å². The second-order valence-corrected chi connectivity index (χ2v) is 3.77. The van der Waals surface area contributed by atoms with Crippen LogP contribution in [0.1, 0.15) is 5.56 Å². The van der Waals surface area contributed by atoms with Gasteiger partial charge in [-0.3, -0.25) is 9.88 Å². The zero-order valence-electron chi connectivity index (χ0n) is 8.00. The molecule has 0 aliphatic heterocycles. The molecule has 0 saturated heterocycles. The Morgan fingerprint density at radius 3 is 2.43 bits per heavy atom. The van der Waals surface area contributed by atoms with Crippen LogP contribution in [0.15, 0.2) is 24.5 Å². The number of hydrogen-bond acceptors (Lipinski definition) is 2. The number of rotatable bonds is 6. The minimum absolute atomic E-state index is 0.636. The highest BCUT2D eigenvalue weighted by molar-refractivity contribution is 6.18. The third kappa shape index (κ3) is 4.27. The minimum Gasteiger partial charge on any atom is -0.297 e. The molecule has 1 rings (SSSR count). The van der Waals surface area contributed by atoms with E-state index in [1.807, 2.05) is 12.3 Å². The van der Waals surface area contributed by atoms with Crippen LogP contribution in [-0.2, 0) is 6.54 Å². The van der Waals surface area contributed by atoms with E-state index in [0.717, 1.165) is 19.6 Å². The van der Waals surface area contributed by atoms with Crippen molar-refractivity contribution in [3.63, 3.8) is 0 Å². The fourth-order valence-corrected chi connectivity index (χ4v) is 1.74. The van der Waals surface area contributed by atoms with E-state index in [1.165, 1.54) is 5.56 Å². The average Bonchev–Trinajstić information content (AvgIpc) is 2.20. The van der Waals surface area contributed by atoms with Crippen LogP contribution in [0.5, 0.6) is 0 Å². The van der Waals surface area contributed by atoms with Gasteiger partial charge in [-0.2, -0.15) is 0 Å². The number of hydrogen-bond donors (Lipinski definition) is 0. The lowest BCUT2D eigenvalue weighted by atomic mass is 10.2. The summed E-state index contributed by atoms with van der Waals surface area (Å²) >= 11 is 11.4. The van der Waals surface area contributed by atoms with Gasteiger partial charge in [-0.15, -0.1) is 23.2 Å². The van der Waals surface area contributed by atoms with Crippen LogP contribution in [0.4, 0.5) is 0 Å². The van der Waals surface area contributed by atoms with Crippen molar-refractivity contribution < 1.29 is 0 Å². The predicted molar refractivity (Wildman–Crippen MR) is 61.0 cm³/mol. The number of nitrogens with zero attached hydrogens (tertiary/aromatic N) is 2. The Morgan fingerprint density at radius 2 is 1.93 bits per heavy atom. The van der Waals surface area contributed by atoms with Crippen LogP contribution in [0.25, 0.3) is 0 Å². The van der Waals surface area contributed by atoms with Gasteiger partial charge in [-0.1, -0.05) is 6.07 Å². The van der Waals surface area contributed by atoms with E-state index in [9.17, 15) is 0 Å². The fourth-order valence-electron chi connectivity index (χ4n) is 1.26. The van der Waals surface area contributed by atoms with Crippen molar-refractivity contribution in [1.82, 2.24) is 9.88 Å². The normalized spacial score (nSPS) is 10.8. The zero-order chi connectivity index (χ0) is 10.2. The van der Waals surface area contributed by atoms with Gasteiger partial charge in [0.15, 0.2) is 0 Å². The first-order valence-electron chi connectivity index (χ1n) is 4.60. The molecule has 0 radical (unpaired) electrons. The minimum atomic E-state index is 0.636. The monoisotopic (exact) mass is 232 g/mol. The van der Waals surface area contributed by atoms with E-state index in [-0.39, 0.29) is 0 Å². The first-order chi connectivity index (χ1) is 6.86. The van der Waals surface area contributed by atoms with Crippen molar-refractivity contribution in [1.29, 1.82) is 0 Å². The zero-order valence-corrected chi connectivity index (χ0v) is 9.51. The van der Waals surface area contributed by atoms with E-state index in [2.05, 4.69) is 16.0 Å². The van der Waals surface area contributed by atoms with Gasteiger partial charge < -0.3 is 0 Å². The fraction of sp³-hybridized carbons (Fsp3) is 0.500. The highest BCUT2D eigenvalue weighted by Gasteiger charge is 2.03. The van der Waals surface area contributed by atoms with Crippen LogP contribution in [0, 0.1) is 0 Å². The largest absolute Gasteiger partial charge is 0.297 e. The molecule has 0 fully saturated rings. The molecule has 1 heterocycles. The molecule has 0 aliphatic carbocycles. The standard InChI is InChI=1S/C10H14Cl2N2/c11-3-6-14(7-4-12)9-10-2-1-5-13-8-10/h1-2,5,8H,3-4,6-7,9H2. The average molecular weight is 233 g/mol. The molecule has 78 valence electrons. The third-order valence-corrected chi connectivity index (χ3v) is 2.27. The molecular formula is C10H14Cl2N2. The van der Waals surface area contributed by atoms with Crippen LogP contribution >= 0.6 is 23.2 Å². The Labute approximate surface area is 94.8 Å². The molecular weight excluding hydrogens is 219 g/mol. The molecule has 0 N–H and O–H groups in total. The van der Waals surface area contributed by atoms with Crippen molar-refractivity contribution in [3.8, 4) is 0 Å². The second-order valence-electron chi connectivity index (χ2n) is 3.02. The highest BCUT2D eigenvalue weighted by atomic mass is 35.5. The Hall–Kier alpha value is -0.310. The summed E-state index contributed by atoms with van der Waals surface area (Å²) in [6, 6.07) is 4.00. The maximum Gasteiger partial charge on any atom is 0.0351 e. The highest BCUT2D eigenvalue weighted by Crippen LogP contribution is 2.03. The molecule has 0 aliphatic rings. The lowest BCUT2D eigenvalue weighted by molar-refractivity contribution is 0.299. The molecule has 2 nitrogen and oxygen atoms in total. The molecule has 0 saturated carbocycles. The Balaban J connectivity index is 2.46. The van der Waals surface area contributed by atoms with Gasteiger partial charge >= 0.3 is 0 Å². The number of halogens is 2. The van der Waals surface area contributed by atoms with Crippen molar-refractivity contribution >= 4 is 23.2 Å². The predicted octanol–water partition coefficient (Wildman–Crippen LogP) is 2.36. The summed E-state index contributed by atoms with van der Waals surface area (Å²) in [5.74, 6) is 1.27. The summed E-state index contributed by atoms with van der Waals surface area (Å²) in [5, 5.41) is 0. The summed E-state index contributed by atoms with van der Waals surface area (Å²) in [6.07, 6.45) is 3.65. The maximum absolute atomic E-state index is 5.70. The van der Waals surface area contributed by atoms with Crippen LogP contribution in [0.3, 0.4) is 0 Å². The van der Waals surface area contributed by atoms with E-state index in [4.69, 9.17) is 23.2 Å². The summed E-state index contributed by atoms with van der Waals surface area (Å²) in [6.45, 7) is 2.60. The maximum atomic E-state index is 5.70. The smallest absolute Gasteiger partial charge is 0.0351 e. The number of aromatic nitrogens is 1. The lowest BCUT2D eigenvalue weighted by Gasteiger charge is -2.19. The SMILES string of the molecule is ClCCN(CCCl)Cc1cccnc1. The molecule has 1 aromatic rings. The summed E-state index contributed by atoms with van der Waals surface area (Å²) in [4.78, 5) is 6.28. The summed E-state index contributed by atoms with van der Waals surface area (Å²) in [5.41, 5.74) is 1.20. The van der Waals surface area contributed by atoms with Crippen molar-refractivity contribution in [2.24, 2.45) is 0 Å². The Kier molecular flexibility index (Phi) is 5.92. The summed E-state index contributed by atoms with van der Waals surface area (Å²) in [7, 11) is 0. The first kappa shape index (κ1) is 11.8. The molecule has 0 atom stereocenters. The molecule has 0 bridgehead atoms. The van der Waals surface area contributed by atoms with Gasteiger partial charge in [-0.05, 0) is 11.6 Å². The number of pyridine rings is 1. The van der Waals surface area contributed by atoms with Crippen LogP contribution in [0.2, 0.25) is 0 Å². The van der Waals surface area contributed by atoms with E-state index in [0.29, 0.717) is 11.8 Å². The number of alkyl halides is 2.